The molecular formula is C25H24N6O4. The van der Waals surface area contributed by atoms with Crippen molar-refractivity contribution in [2.45, 2.75) is 31.9 Å². The summed E-state index contributed by atoms with van der Waals surface area (Å²) in [6.45, 7) is 3.61. The minimum Gasteiger partial charge on any atom is -0.487 e. The molecule has 0 saturated carbocycles. The SMILES string of the molecule is CC1(C)CC(=O)c2ccc(Nc3ncc(-c4nnco4)c(N[C@H](CO)c4ccccc4)n3)cc2O1. The van der Waals surface area contributed by atoms with E-state index in [1.807, 2.05) is 44.2 Å². The molecule has 10 nitrogen and oxygen atoms in total. The van der Waals surface area contributed by atoms with Crippen molar-refractivity contribution in [2.75, 3.05) is 17.2 Å². The Bertz CT molecular complexity index is 1340. The zero-order valence-electron chi connectivity index (χ0n) is 19.2. The highest BCUT2D eigenvalue weighted by Gasteiger charge is 2.32. The first-order chi connectivity index (χ1) is 16.9. The Kier molecular flexibility index (Phi) is 5.87. The van der Waals surface area contributed by atoms with Crippen LogP contribution in [0.2, 0.25) is 0 Å². The summed E-state index contributed by atoms with van der Waals surface area (Å²) in [5.41, 5.74) is 2.02. The van der Waals surface area contributed by atoms with E-state index in [0.29, 0.717) is 40.8 Å². The minimum absolute atomic E-state index is 0.0467. The van der Waals surface area contributed by atoms with E-state index in [1.165, 1.54) is 6.39 Å². The number of nitrogens with one attached hydrogen (secondary N) is 2. The Morgan fingerprint density at radius 3 is 2.71 bits per heavy atom. The first kappa shape index (κ1) is 22.5. The summed E-state index contributed by atoms with van der Waals surface area (Å²) < 4.78 is 11.4. The maximum absolute atomic E-state index is 12.4. The summed E-state index contributed by atoms with van der Waals surface area (Å²) in [6.07, 6.45) is 3.11. The summed E-state index contributed by atoms with van der Waals surface area (Å²) in [6, 6.07) is 14.4. The number of nitrogens with zero attached hydrogens (tertiary/aromatic N) is 4. The van der Waals surface area contributed by atoms with Gasteiger partial charge in [0, 0.05) is 18.0 Å². The molecule has 10 heteroatoms. The molecule has 1 aliphatic heterocycles. The van der Waals surface area contributed by atoms with Crippen LogP contribution < -0.4 is 15.4 Å². The van der Waals surface area contributed by atoms with Crippen molar-refractivity contribution in [3.63, 3.8) is 0 Å². The van der Waals surface area contributed by atoms with E-state index in [0.717, 1.165) is 5.56 Å². The van der Waals surface area contributed by atoms with E-state index in [1.54, 1.807) is 24.4 Å². The van der Waals surface area contributed by atoms with E-state index in [9.17, 15) is 9.90 Å². The molecule has 5 rings (SSSR count). The molecule has 3 heterocycles. The van der Waals surface area contributed by atoms with Gasteiger partial charge < -0.3 is 24.9 Å². The van der Waals surface area contributed by atoms with Gasteiger partial charge in [0.1, 0.15) is 17.2 Å². The lowest BCUT2D eigenvalue weighted by molar-refractivity contribution is 0.0620. The van der Waals surface area contributed by atoms with Crippen molar-refractivity contribution in [1.82, 2.24) is 20.2 Å². The quantitative estimate of drug-likeness (QED) is 0.360. The average Bonchev–Trinajstić information content (AvgIpc) is 3.37. The van der Waals surface area contributed by atoms with Gasteiger partial charge in [-0.25, -0.2) is 4.98 Å². The molecule has 0 fully saturated rings. The lowest BCUT2D eigenvalue weighted by atomic mass is 9.93. The standard InChI is InChI=1S/C25H24N6O4/c1-25(2)11-20(33)17-9-8-16(10-21(17)35-25)28-24-26-12-18(23-31-27-14-34-23)22(30-24)29-19(13-32)15-6-4-3-5-7-15/h3-10,12,14,19,32H,11,13H2,1-2H3,(H2,26,28,29,30)/t19-/m1/s1. The molecule has 0 bridgehead atoms. The van der Waals surface area contributed by atoms with Crippen LogP contribution in [0, 0.1) is 0 Å². The predicted octanol–water partition coefficient (Wildman–Crippen LogP) is 4.16. The monoisotopic (exact) mass is 472 g/mol. The van der Waals surface area contributed by atoms with Crippen molar-refractivity contribution in [1.29, 1.82) is 0 Å². The van der Waals surface area contributed by atoms with Gasteiger partial charge >= 0.3 is 0 Å². The Hall–Kier alpha value is -4.31. The van der Waals surface area contributed by atoms with Gasteiger partial charge in [0.15, 0.2) is 5.78 Å². The zero-order valence-corrected chi connectivity index (χ0v) is 19.2. The predicted molar refractivity (Wildman–Crippen MR) is 129 cm³/mol. The summed E-state index contributed by atoms with van der Waals surface area (Å²) in [5, 5.41) is 24.1. The molecular weight excluding hydrogens is 448 g/mol. The maximum atomic E-state index is 12.4. The molecule has 1 aliphatic rings. The van der Waals surface area contributed by atoms with E-state index >= 15 is 0 Å². The van der Waals surface area contributed by atoms with E-state index in [4.69, 9.17) is 9.15 Å². The summed E-state index contributed by atoms with van der Waals surface area (Å²) in [4.78, 5) is 21.4. The second-order valence-electron chi connectivity index (χ2n) is 8.79. The molecule has 2 aromatic carbocycles. The topological polar surface area (TPSA) is 135 Å². The molecule has 0 aliphatic carbocycles. The number of hydrogen-bond donors (Lipinski definition) is 3. The zero-order chi connectivity index (χ0) is 24.4. The van der Waals surface area contributed by atoms with Crippen LogP contribution in [0.25, 0.3) is 11.5 Å². The number of aliphatic hydroxyl groups is 1. The number of aromatic nitrogens is 4. The van der Waals surface area contributed by atoms with Gasteiger partial charge in [-0.15, -0.1) is 10.2 Å². The molecule has 0 amide bonds. The van der Waals surface area contributed by atoms with Gasteiger partial charge in [-0.05, 0) is 31.5 Å². The number of ether oxygens (including phenoxy) is 1. The van der Waals surface area contributed by atoms with Gasteiger partial charge in [-0.2, -0.15) is 4.98 Å². The molecule has 3 N–H and O–H groups in total. The molecule has 178 valence electrons. The third kappa shape index (κ3) is 4.82. The molecule has 0 saturated heterocycles. The average molecular weight is 473 g/mol. The second-order valence-corrected chi connectivity index (χ2v) is 8.79. The van der Waals surface area contributed by atoms with Crippen molar-refractivity contribution in [2.24, 2.45) is 0 Å². The third-order valence-electron chi connectivity index (χ3n) is 5.59. The Labute approximate surface area is 201 Å². The highest BCUT2D eigenvalue weighted by molar-refractivity contribution is 6.00. The van der Waals surface area contributed by atoms with Crippen LogP contribution in [0.1, 0.15) is 42.2 Å². The first-order valence-electron chi connectivity index (χ1n) is 11.1. The number of carbonyl (C=O) groups excluding carboxylic acids is 1. The van der Waals surface area contributed by atoms with Crippen LogP contribution in [-0.2, 0) is 0 Å². The Morgan fingerprint density at radius 2 is 1.97 bits per heavy atom. The van der Waals surface area contributed by atoms with Gasteiger partial charge in [0.25, 0.3) is 5.89 Å². The molecule has 35 heavy (non-hydrogen) atoms. The van der Waals surface area contributed by atoms with Crippen LogP contribution in [0.5, 0.6) is 5.75 Å². The molecule has 0 spiro atoms. The summed E-state index contributed by atoms with van der Waals surface area (Å²) >= 11 is 0. The summed E-state index contributed by atoms with van der Waals surface area (Å²) in [5.74, 6) is 1.50. The van der Waals surface area contributed by atoms with Crippen LogP contribution >= 0.6 is 0 Å². The number of anilines is 3. The summed E-state index contributed by atoms with van der Waals surface area (Å²) in [7, 11) is 0. The Balaban J connectivity index is 1.46. The van der Waals surface area contributed by atoms with Crippen molar-refractivity contribution < 1.29 is 19.1 Å². The number of benzene rings is 2. The fourth-order valence-electron chi connectivity index (χ4n) is 3.94. The number of fused-ring (bicyclic) bond motifs is 1. The fourth-order valence-corrected chi connectivity index (χ4v) is 3.94. The van der Waals surface area contributed by atoms with Crippen LogP contribution in [0.4, 0.5) is 17.5 Å². The van der Waals surface area contributed by atoms with E-state index < -0.39 is 11.6 Å². The van der Waals surface area contributed by atoms with Gasteiger partial charge in [0.2, 0.25) is 12.3 Å². The van der Waals surface area contributed by atoms with Crippen LogP contribution in [-0.4, -0.2) is 43.3 Å². The molecule has 2 aromatic heterocycles. The van der Waals surface area contributed by atoms with Gasteiger partial charge in [0.05, 0.1) is 30.2 Å². The highest BCUT2D eigenvalue weighted by atomic mass is 16.5. The van der Waals surface area contributed by atoms with Crippen LogP contribution in [0.15, 0.2) is 65.5 Å². The van der Waals surface area contributed by atoms with Gasteiger partial charge in [-0.3, -0.25) is 4.79 Å². The second kappa shape index (κ2) is 9.15. The fraction of sp³-hybridized carbons (Fsp3) is 0.240. The largest absolute Gasteiger partial charge is 0.487 e. The minimum atomic E-state index is -0.571. The smallest absolute Gasteiger partial charge is 0.252 e. The van der Waals surface area contributed by atoms with Gasteiger partial charge in [-0.1, -0.05) is 30.3 Å². The normalized spacial score (nSPS) is 15.1. The third-order valence-corrected chi connectivity index (χ3v) is 5.59. The number of ketones is 1. The number of Topliss-reactive ketones (excluding diaryl/α,β-unsaturated/α-hetero) is 1. The molecule has 4 aromatic rings. The van der Waals surface area contributed by atoms with Crippen molar-refractivity contribution in [3.8, 4) is 17.2 Å². The lowest BCUT2D eigenvalue weighted by Crippen LogP contribution is -2.35. The van der Waals surface area contributed by atoms with E-state index in [-0.39, 0.29) is 18.3 Å². The molecule has 0 radical (unpaired) electrons. The van der Waals surface area contributed by atoms with Crippen molar-refractivity contribution >= 4 is 23.2 Å². The van der Waals surface area contributed by atoms with E-state index in [2.05, 4.69) is 30.8 Å². The highest BCUT2D eigenvalue weighted by Crippen LogP contribution is 2.36. The molecule has 1 atom stereocenters. The number of carbonyl (C=O) groups is 1. The Morgan fingerprint density at radius 1 is 1.14 bits per heavy atom. The van der Waals surface area contributed by atoms with Crippen LogP contribution in [0.3, 0.4) is 0 Å². The number of hydrogen-bond acceptors (Lipinski definition) is 10. The molecule has 0 unspecified atom stereocenters. The van der Waals surface area contributed by atoms with Crippen molar-refractivity contribution in [3.05, 3.63) is 72.2 Å². The number of rotatable bonds is 7. The number of aliphatic hydroxyl groups excluding tert-OH is 1. The maximum Gasteiger partial charge on any atom is 0.252 e. The lowest BCUT2D eigenvalue weighted by Gasteiger charge is -2.31. The first-order valence-corrected chi connectivity index (χ1v) is 11.1.